The van der Waals surface area contributed by atoms with E-state index in [9.17, 15) is 9.59 Å². The molecule has 2 atom stereocenters. The third kappa shape index (κ3) is 4.51. The van der Waals surface area contributed by atoms with Crippen LogP contribution in [0.4, 0.5) is 11.5 Å². The second kappa shape index (κ2) is 9.42. The zero-order valence-electron chi connectivity index (χ0n) is 21.9. The Morgan fingerprint density at radius 3 is 2.51 bits per heavy atom. The molecule has 9 nitrogen and oxygen atoms in total. The van der Waals surface area contributed by atoms with Gasteiger partial charge in [0.2, 0.25) is 5.91 Å². The van der Waals surface area contributed by atoms with Gasteiger partial charge in [0, 0.05) is 19.8 Å². The van der Waals surface area contributed by atoms with Gasteiger partial charge < -0.3 is 20.3 Å². The van der Waals surface area contributed by atoms with E-state index < -0.39 is 6.04 Å². The highest BCUT2D eigenvalue weighted by molar-refractivity contribution is 6.00. The second-order valence-electron chi connectivity index (χ2n) is 11.8. The first-order chi connectivity index (χ1) is 17.9. The topological polar surface area (TPSA) is 101 Å². The van der Waals surface area contributed by atoms with E-state index in [1.165, 1.54) is 12.8 Å². The number of ether oxygens (including phenoxy) is 1. The van der Waals surface area contributed by atoms with Gasteiger partial charge in [-0.3, -0.25) is 14.3 Å². The lowest BCUT2D eigenvalue weighted by Crippen LogP contribution is -2.61. The maximum Gasteiger partial charge on any atom is 0.270 e. The zero-order chi connectivity index (χ0) is 25.6. The van der Waals surface area contributed by atoms with Gasteiger partial charge in [-0.15, -0.1) is 0 Å². The summed E-state index contributed by atoms with van der Waals surface area (Å²) in [6.45, 7) is 4.57. The number of nitrogens with one attached hydrogen (secondary N) is 2. The Morgan fingerprint density at radius 2 is 1.95 bits per heavy atom. The number of morpholine rings is 1. The summed E-state index contributed by atoms with van der Waals surface area (Å²) in [7, 11) is 1.74. The first kappa shape index (κ1) is 24.4. The third-order valence-corrected chi connectivity index (χ3v) is 9.46. The molecule has 6 rings (SSSR count). The Kier molecular flexibility index (Phi) is 6.21. The Balaban J connectivity index is 1.21. The molecule has 0 aromatic carbocycles. The standard InChI is InChI=1S/C28H38N6O3/c1-27(12-13-27)23(19-5-3-6-19)24(32-25(35)21-9-14-30-33(21)2)26(36)31-20-7-8-22(29-17-20)34-15-16-37-18-28(34)10-4-11-28/h7-9,14,17,19,23-24H,3-6,10-13,15-16,18H2,1-2H3,(H,31,36)(H,32,35)/t23?,24-/m0/s1. The maximum atomic E-state index is 13.8. The minimum atomic E-state index is -0.614. The molecule has 2 aromatic rings. The summed E-state index contributed by atoms with van der Waals surface area (Å²) in [5.74, 6) is 1.06. The molecular weight excluding hydrogens is 468 g/mol. The minimum Gasteiger partial charge on any atom is -0.377 e. The van der Waals surface area contributed by atoms with E-state index >= 15 is 0 Å². The largest absolute Gasteiger partial charge is 0.377 e. The molecule has 3 saturated carbocycles. The lowest BCUT2D eigenvalue weighted by Gasteiger charge is -2.53. The summed E-state index contributed by atoms with van der Waals surface area (Å²) in [5, 5.41) is 10.3. The van der Waals surface area contributed by atoms with Crippen molar-refractivity contribution >= 4 is 23.3 Å². The molecule has 9 heteroatoms. The van der Waals surface area contributed by atoms with E-state index in [0.29, 0.717) is 23.9 Å². The van der Waals surface area contributed by atoms with Crippen LogP contribution in [0, 0.1) is 17.3 Å². The molecule has 37 heavy (non-hydrogen) atoms. The van der Waals surface area contributed by atoms with Gasteiger partial charge in [-0.05, 0) is 67.6 Å². The lowest BCUT2D eigenvalue weighted by atomic mass is 9.66. The smallest absolute Gasteiger partial charge is 0.270 e. The molecule has 198 valence electrons. The predicted octanol–water partition coefficient (Wildman–Crippen LogP) is 3.53. The number of carbonyl (C=O) groups is 2. The number of nitrogens with zero attached hydrogens (tertiary/aromatic N) is 4. The fourth-order valence-corrected chi connectivity index (χ4v) is 6.63. The lowest BCUT2D eigenvalue weighted by molar-refractivity contribution is -0.121. The average molecular weight is 507 g/mol. The van der Waals surface area contributed by atoms with Gasteiger partial charge in [-0.2, -0.15) is 5.10 Å². The number of aryl methyl sites for hydroxylation is 1. The molecule has 3 aliphatic carbocycles. The number of amides is 2. The van der Waals surface area contributed by atoms with Gasteiger partial charge in [0.25, 0.3) is 5.91 Å². The van der Waals surface area contributed by atoms with E-state index in [1.54, 1.807) is 30.2 Å². The fraction of sp³-hybridized carbons (Fsp3) is 0.643. The van der Waals surface area contributed by atoms with Crippen molar-refractivity contribution < 1.29 is 14.3 Å². The van der Waals surface area contributed by atoms with Crippen molar-refractivity contribution in [2.45, 2.75) is 69.9 Å². The van der Waals surface area contributed by atoms with Gasteiger partial charge in [0.1, 0.15) is 17.6 Å². The first-order valence-corrected chi connectivity index (χ1v) is 13.8. The maximum absolute atomic E-state index is 13.8. The van der Waals surface area contributed by atoms with Crippen LogP contribution in [0.3, 0.4) is 0 Å². The molecule has 4 aliphatic rings. The van der Waals surface area contributed by atoms with Crippen molar-refractivity contribution in [1.82, 2.24) is 20.1 Å². The summed E-state index contributed by atoms with van der Waals surface area (Å²) in [5.41, 5.74) is 1.26. The molecule has 4 fully saturated rings. The third-order valence-electron chi connectivity index (χ3n) is 9.46. The molecule has 0 radical (unpaired) electrons. The van der Waals surface area contributed by atoms with Crippen LogP contribution < -0.4 is 15.5 Å². The van der Waals surface area contributed by atoms with E-state index in [1.807, 2.05) is 12.1 Å². The number of carbonyl (C=O) groups excluding carboxylic acids is 2. The molecule has 2 N–H and O–H groups in total. The van der Waals surface area contributed by atoms with Crippen LogP contribution in [0.15, 0.2) is 30.6 Å². The van der Waals surface area contributed by atoms with Crippen LogP contribution >= 0.6 is 0 Å². The normalized spacial score (nSPS) is 23.5. The molecule has 1 spiro atoms. The van der Waals surface area contributed by atoms with Gasteiger partial charge in [0.05, 0.1) is 30.6 Å². The first-order valence-electron chi connectivity index (χ1n) is 13.8. The van der Waals surface area contributed by atoms with Crippen molar-refractivity contribution in [2.75, 3.05) is 30.0 Å². The molecular formula is C28H38N6O3. The van der Waals surface area contributed by atoms with Crippen molar-refractivity contribution in [3.8, 4) is 0 Å². The fourth-order valence-electron chi connectivity index (χ4n) is 6.63. The monoisotopic (exact) mass is 506 g/mol. The molecule has 2 aromatic heterocycles. The van der Waals surface area contributed by atoms with Gasteiger partial charge >= 0.3 is 0 Å². The second-order valence-corrected chi connectivity index (χ2v) is 11.8. The van der Waals surface area contributed by atoms with Crippen LogP contribution in [0.25, 0.3) is 0 Å². The Hall–Kier alpha value is -2.94. The van der Waals surface area contributed by atoms with Crippen LogP contribution in [0.1, 0.15) is 68.8 Å². The Labute approximate surface area is 218 Å². The van der Waals surface area contributed by atoms with Crippen LogP contribution in [-0.2, 0) is 16.6 Å². The van der Waals surface area contributed by atoms with Crippen molar-refractivity contribution in [1.29, 1.82) is 0 Å². The number of aromatic nitrogens is 3. The summed E-state index contributed by atoms with van der Waals surface area (Å²) in [4.78, 5) is 34.1. The van der Waals surface area contributed by atoms with Crippen molar-refractivity contribution in [3.05, 3.63) is 36.3 Å². The van der Waals surface area contributed by atoms with Crippen LogP contribution in [-0.4, -0.2) is 57.9 Å². The van der Waals surface area contributed by atoms with E-state index in [-0.39, 0.29) is 28.7 Å². The molecule has 1 saturated heterocycles. The zero-order valence-corrected chi connectivity index (χ0v) is 21.9. The number of hydrogen-bond donors (Lipinski definition) is 2. The summed E-state index contributed by atoms with van der Waals surface area (Å²) in [6, 6.07) is 5.00. The van der Waals surface area contributed by atoms with Crippen molar-refractivity contribution in [3.63, 3.8) is 0 Å². The Morgan fingerprint density at radius 1 is 1.14 bits per heavy atom. The SMILES string of the molecule is Cn1nccc1C(=O)N[C@H](C(=O)Nc1ccc(N2CCOCC23CCC3)nc1)C(C1CCC1)C1(C)CC1. The highest BCUT2D eigenvalue weighted by atomic mass is 16.5. The van der Waals surface area contributed by atoms with Gasteiger partial charge in [-0.1, -0.05) is 26.2 Å². The predicted molar refractivity (Wildman–Crippen MR) is 140 cm³/mol. The van der Waals surface area contributed by atoms with Crippen LogP contribution in [0.2, 0.25) is 0 Å². The van der Waals surface area contributed by atoms with E-state index in [4.69, 9.17) is 9.72 Å². The van der Waals surface area contributed by atoms with Gasteiger partial charge in [0.15, 0.2) is 0 Å². The molecule has 1 unspecified atom stereocenters. The van der Waals surface area contributed by atoms with Crippen LogP contribution in [0.5, 0.6) is 0 Å². The number of hydrogen-bond acceptors (Lipinski definition) is 6. The molecule has 2 amide bonds. The number of anilines is 2. The molecule has 3 heterocycles. The van der Waals surface area contributed by atoms with Gasteiger partial charge in [-0.25, -0.2) is 4.98 Å². The van der Waals surface area contributed by atoms with E-state index in [2.05, 4.69) is 27.6 Å². The number of rotatable bonds is 8. The van der Waals surface area contributed by atoms with Crippen molar-refractivity contribution in [2.24, 2.45) is 24.3 Å². The highest BCUT2D eigenvalue weighted by Crippen LogP contribution is 2.58. The number of pyridine rings is 1. The summed E-state index contributed by atoms with van der Waals surface area (Å²) >= 11 is 0. The Bertz CT molecular complexity index is 1150. The molecule has 1 aliphatic heterocycles. The highest BCUT2D eigenvalue weighted by Gasteiger charge is 2.54. The summed E-state index contributed by atoms with van der Waals surface area (Å²) < 4.78 is 7.32. The molecule has 0 bridgehead atoms. The quantitative estimate of drug-likeness (QED) is 0.568. The van der Waals surface area contributed by atoms with E-state index in [0.717, 1.165) is 57.5 Å². The minimum absolute atomic E-state index is 0.0763. The average Bonchev–Trinajstić information content (AvgIpc) is 3.44. The summed E-state index contributed by atoms with van der Waals surface area (Å²) in [6.07, 6.45) is 12.4.